The molecule has 1 aromatic carbocycles. The summed E-state index contributed by atoms with van der Waals surface area (Å²) in [6.07, 6.45) is -4.03. The maximum atomic E-state index is 12.8. The fourth-order valence-electron chi connectivity index (χ4n) is 1.64. The van der Waals surface area contributed by atoms with Crippen molar-refractivity contribution in [3.8, 4) is 5.75 Å². The second-order valence-corrected chi connectivity index (χ2v) is 3.80. The van der Waals surface area contributed by atoms with E-state index < -0.39 is 24.3 Å². The van der Waals surface area contributed by atoms with Gasteiger partial charge in [-0.1, -0.05) is 18.2 Å². The van der Waals surface area contributed by atoms with E-state index >= 15 is 0 Å². The van der Waals surface area contributed by atoms with E-state index in [2.05, 4.69) is 0 Å². The third-order valence-electron chi connectivity index (χ3n) is 2.58. The highest BCUT2D eigenvalue weighted by molar-refractivity contribution is 5.84. The van der Waals surface area contributed by atoms with Gasteiger partial charge in [-0.25, -0.2) is 8.78 Å². The second kappa shape index (κ2) is 4.47. The molecule has 18 heavy (non-hydrogen) atoms. The summed E-state index contributed by atoms with van der Waals surface area (Å²) in [5, 5.41) is 1.86. The Morgan fingerprint density at radius 3 is 2.72 bits per heavy atom. The van der Waals surface area contributed by atoms with Crippen LogP contribution in [0.1, 0.15) is 11.6 Å². The smallest absolute Gasteiger partial charge is 0.383 e. The average Bonchev–Trinajstić information content (AvgIpc) is 2.72. The molecule has 0 spiro atoms. The summed E-state index contributed by atoms with van der Waals surface area (Å²) in [6.45, 7) is -0.0512. The van der Waals surface area contributed by atoms with Gasteiger partial charge < -0.3 is 10.1 Å². The number of rotatable bonds is 3. The highest BCUT2D eigenvalue weighted by Gasteiger charge is 2.49. The Bertz CT molecular complexity index is 464. The molecule has 1 atom stereocenters. The summed E-state index contributed by atoms with van der Waals surface area (Å²) in [4.78, 5) is 11.1. The minimum atomic E-state index is -4.70. The number of halogens is 4. The van der Waals surface area contributed by atoms with Crippen LogP contribution in [0.25, 0.3) is 0 Å². The molecule has 1 aromatic rings. The Kier molecular flexibility index (Phi) is 3.14. The zero-order valence-electron chi connectivity index (χ0n) is 9.00. The van der Waals surface area contributed by atoms with Crippen molar-refractivity contribution in [2.45, 2.75) is 18.4 Å². The molecule has 0 fully saturated rings. The Morgan fingerprint density at radius 1 is 1.39 bits per heavy atom. The molecule has 98 valence electrons. The number of amides is 1. The van der Waals surface area contributed by atoms with Crippen LogP contribution in [-0.2, 0) is 4.79 Å². The number of fused-ring (bicyclic) bond motifs is 1. The summed E-state index contributed by atoms with van der Waals surface area (Å²) >= 11 is 0. The first-order chi connectivity index (χ1) is 8.43. The normalized spacial score (nSPS) is 18.4. The summed E-state index contributed by atoms with van der Waals surface area (Å²) in [6, 6.07) is 5.66. The summed E-state index contributed by atoms with van der Waals surface area (Å²) in [5.41, 5.74) is 0.496. The van der Waals surface area contributed by atoms with Crippen LogP contribution in [-0.4, -0.2) is 24.9 Å². The monoisotopic (exact) mass is 263 g/mol. The van der Waals surface area contributed by atoms with Crippen LogP contribution in [0.5, 0.6) is 5.75 Å². The molecule has 2 rings (SSSR count). The van der Waals surface area contributed by atoms with E-state index in [4.69, 9.17) is 4.74 Å². The molecule has 0 saturated carbocycles. The first-order valence-electron chi connectivity index (χ1n) is 5.11. The fraction of sp³-hybridized carbons (Fsp3) is 0.364. The summed E-state index contributed by atoms with van der Waals surface area (Å²) in [7, 11) is 0. The first kappa shape index (κ1) is 12.7. The fourth-order valence-corrected chi connectivity index (χ4v) is 1.64. The van der Waals surface area contributed by atoms with Crippen LogP contribution in [0, 0.1) is 0 Å². The quantitative estimate of drug-likeness (QED) is 0.848. The molecule has 1 unspecified atom stereocenters. The van der Waals surface area contributed by atoms with Gasteiger partial charge >= 0.3 is 12.3 Å². The van der Waals surface area contributed by atoms with Gasteiger partial charge in [0, 0.05) is 5.56 Å². The maximum Gasteiger partial charge on any atom is 0.383 e. The summed E-state index contributed by atoms with van der Waals surface area (Å²) in [5.74, 6) is -6.25. The van der Waals surface area contributed by atoms with Gasteiger partial charge in [0.1, 0.15) is 12.4 Å². The van der Waals surface area contributed by atoms with Gasteiger partial charge in [0.2, 0.25) is 0 Å². The zero-order valence-corrected chi connectivity index (χ0v) is 9.00. The lowest BCUT2D eigenvalue weighted by Gasteiger charge is -2.18. The van der Waals surface area contributed by atoms with Crippen LogP contribution >= 0.6 is 0 Å². The van der Waals surface area contributed by atoms with E-state index in [1.54, 1.807) is 24.3 Å². The number of carbonyl (C=O) groups is 1. The van der Waals surface area contributed by atoms with Crippen molar-refractivity contribution >= 4 is 5.91 Å². The average molecular weight is 263 g/mol. The van der Waals surface area contributed by atoms with Crippen molar-refractivity contribution in [2.75, 3.05) is 6.61 Å². The van der Waals surface area contributed by atoms with Crippen LogP contribution in [0.15, 0.2) is 24.3 Å². The highest BCUT2D eigenvalue weighted by Crippen LogP contribution is 2.33. The number of carbonyl (C=O) groups excluding carboxylic acids is 1. The predicted octanol–water partition coefficient (Wildman–Crippen LogP) is 2.14. The van der Waals surface area contributed by atoms with E-state index in [-0.39, 0.29) is 6.61 Å². The van der Waals surface area contributed by atoms with Gasteiger partial charge in [0.15, 0.2) is 0 Å². The van der Waals surface area contributed by atoms with Crippen molar-refractivity contribution in [3.63, 3.8) is 0 Å². The molecule has 7 heteroatoms. The summed E-state index contributed by atoms with van der Waals surface area (Å²) < 4.78 is 54.7. The SMILES string of the molecule is O=C(NC1COc2ccccc21)C(F)(F)C(F)F. The van der Waals surface area contributed by atoms with Crippen LogP contribution in [0.4, 0.5) is 17.6 Å². The Labute approximate surface area is 99.7 Å². The van der Waals surface area contributed by atoms with Gasteiger partial charge in [-0.15, -0.1) is 0 Å². The molecule has 1 heterocycles. The van der Waals surface area contributed by atoms with E-state index in [1.165, 1.54) is 0 Å². The molecule has 1 aliphatic rings. The highest BCUT2D eigenvalue weighted by atomic mass is 19.3. The van der Waals surface area contributed by atoms with Crippen LogP contribution in [0.3, 0.4) is 0 Å². The first-order valence-corrected chi connectivity index (χ1v) is 5.11. The minimum Gasteiger partial charge on any atom is -0.491 e. The lowest BCUT2D eigenvalue weighted by Crippen LogP contribution is -2.46. The third-order valence-corrected chi connectivity index (χ3v) is 2.58. The van der Waals surface area contributed by atoms with E-state index in [0.717, 1.165) is 0 Å². The molecule has 3 nitrogen and oxygen atoms in total. The molecular formula is C11H9F4NO2. The Morgan fingerprint density at radius 2 is 2.06 bits per heavy atom. The lowest BCUT2D eigenvalue weighted by molar-refractivity contribution is -0.170. The maximum absolute atomic E-state index is 12.8. The van der Waals surface area contributed by atoms with Crippen molar-refractivity contribution in [1.29, 1.82) is 0 Å². The molecule has 1 amide bonds. The van der Waals surface area contributed by atoms with Gasteiger partial charge in [-0.05, 0) is 6.07 Å². The standard InChI is InChI=1S/C11H9F4NO2/c12-9(13)11(14,15)10(17)16-7-5-18-8-4-2-1-3-6(7)8/h1-4,7,9H,5H2,(H,16,17). The van der Waals surface area contributed by atoms with E-state index in [0.29, 0.717) is 11.3 Å². The molecular weight excluding hydrogens is 254 g/mol. The molecule has 0 saturated heterocycles. The van der Waals surface area contributed by atoms with E-state index in [1.807, 2.05) is 5.32 Å². The number of hydrogen-bond donors (Lipinski definition) is 1. The van der Waals surface area contributed by atoms with Gasteiger partial charge in [0.25, 0.3) is 5.91 Å². The van der Waals surface area contributed by atoms with Crippen molar-refractivity contribution in [3.05, 3.63) is 29.8 Å². The second-order valence-electron chi connectivity index (χ2n) is 3.80. The van der Waals surface area contributed by atoms with Crippen LogP contribution < -0.4 is 10.1 Å². The molecule has 0 radical (unpaired) electrons. The van der Waals surface area contributed by atoms with Gasteiger partial charge in [0.05, 0.1) is 6.04 Å². The minimum absolute atomic E-state index is 0.0512. The zero-order chi connectivity index (χ0) is 13.3. The molecule has 0 bridgehead atoms. The Balaban J connectivity index is 2.11. The number of hydrogen-bond acceptors (Lipinski definition) is 2. The largest absolute Gasteiger partial charge is 0.491 e. The van der Waals surface area contributed by atoms with Gasteiger partial charge in [-0.3, -0.25) is 4.79 Å². The lowest BCUT2D eigenvalue weighted by atomic mass is 10.1. The number of alkyl halides is 4. The van der Waals surface area contributed by atoms with Crippen molar-refractivity contribution < 1.29 is 27.1 Å². The number of nitrogens with one attached hydrogen (secondary N) is 1. The van der Waals surface area contributed by atoms with E-state index in [9.17, 15) is 22.4 Å². The van der Waals surface area contributed by atoms with Crippen molar-refractivity contribution in [2.24, 2.45) is 0 Å². The predicted molar refractivity (Wildman–Crippen MR) is 53.8 cm³/mol. The number of ether oxygens (including phenoxy) is 1. The molecule has 0 aliphatic carbocycles. The molecule has 0 aromatic heterocycles. The molecule has 1 N–H and O–H groups in total. The number of para-hydroxylation sites is 1. The van der Waals surface area contributed by atoms with Gasteiger partial charge in [-0.2, -0.15) is 8.78 Å². The Hall–Kier alpha value is -1.79. The topological polar surface area (TPSA) is 38.3 Å². The van der Waals surface area contributed by atoms with Crippen molar-refractivity contribution in [1.82, 2.24) is 5.32 Å². The number of benzene rings is 1. The molecule has 1 aliphatic heterocycles. The van der Waals surface area contributed by atoms with Crippen LogP contribution in [0.2, 0.25) is 0 Å². The third kappa shape index (κ3) is 2.12.